The Kier molecular flexibility index (Phi) is 7.08. The summed E-state index contributed by atoms with van der Waals surface area (Å²) in [6.07, 6.45) is 2.17. The topological polar surface area (TPSA) is 74.1 Å². The Morgan fingerprint density at radius 3 is 2.48 bits per heavy atom. The molecule has 0 bridgehead atoms. The molecule has 0 aromatic heterocycles. The predicted molar refractivity (Wildman–Crippen MR) is 96.7 cm³/mol. The zero-order valence-corrected chi connectivity index (χ0v) is 14.2. The van der Waals surface area contributed by atoms with E-state index < -0.39 is 0 Å². The van der Waals surface area contributed by atoms with Gasteiger partial charge in [-0.05, 0) is 29.7 Å². The number of nitrogens with zero attached hydrogens (tertiary/aromatic N) is 1. The lowest BCUT2D eigenvalue weighted by Crippen LogP contribution is -2.27. The van der Waals surface area contributed by atoms with Gasteiger partial charge in [0.25, 0.3) is 5.91 Å². The largest absolute Gasteiger partial charge is 0.497 e. The Balaban J connectivity index is 1.79. The predicted octanol–water partition coefficient (Wildman–Crippen LogP) is 2.55. The van der Waals surface area contributed by atoms with Gasteiger partial charge in [0.1, 0.15) is 17.4 Å². The molecular formula is C20H21N3O2. The lowest BCUT2D eigenvalue weighted by atomic mass is 10.1. The Morgan fingerprint density at radius 1 is 1.12 bits per heavy atom. The highest BCUT2D eigenvalue weighted by Crippen LogP contribution is 2.10. The van der Waals surface area contributed by atoms with Crippen LogP contribution in [0.3, 0.4) is 0 Å². The molecular weight excluding hydrogens is 314 g/mol. The minimum Gasteiger partial charge on any atom is -0.497 e. The summed E-state index contributed by atoms with van der Waals surface area (Å²) in [5.74, 6) is 0.412. The van der Waals surface area contributed by atoms with Crippen molar-refractivity contribution in [2.24, 2.45) is 0 Å². The Labute approximate surface area is 147 Å². The molecule has 128 valence electrons. The van der Waals surface area contributed by atoms with Crippen molar-refractivity contribution in [1.29, 1.82) is 5.26 Å². The maximum absolute atomic E-state index is 12.0. The molecule has 2 aromatic rings. The number of rotatable bonds is 8. The summed E-state index contributed by atoms with van der Waals surface area (Å²) in [7, 11) is 1.62. The van der Waals surface area contributed by atoms with Crippen LogP contribution in [0, 0.1) is 11.3 Å². The van der Waals surface area contributed by atoms with Crippen LogP contribution in [0.1, 0.15) is 11.1 Å². The first kappa shape index (κ1) is 18.1. The monoisotopic (exact) mass is 335 g/mol. The third-order valence-electron chi connectivity index (χ3n) is 3.62. The third-order valence-corrected chi connectivity index (χ3v) is 3.62. The van der Waals surface area contributed by atoms with E-state index in [1.165, 1.54) is 6.20 Å². The molecule has 0 unspecified atom stereocenters. The molecule has 2 rings (SSSR count). The maximum Gasteiger partial charge on any atom is 0.263 e. The van der Waals surface area contributed by atoms with E-state index >= 15 is 0 Å². The highest BCUT2D eigenvalue weighted by atomic mass is 16.5. The summed E-state index contributed by atoms with van der Waals surface area (Å²) in [5.41, 5.74) is 2.23. The molecule has 0 atom stereocenters. The van der Waals surface area contributed by atoms with Crippen molar-refractivity contribution in [3.05, 3.63) is 77.5 Å². The normalized spacial score (nSPS) is 10.6. The molecule has 2 N–H and O–H groups in total. The molecule has 0 saturated heterocycles. The molecule has 0 spiro atoms. The average Bonchev–Trinajstić information content (AvgIpc) is 2.66. The minimum atomic E-state index is -0.374. The molecule has 0 heterocycles. The van der Waals surface area contributed by atoms with E-state index in [9.17, 15) is 4.79 Å². The van der Waals surface area contributed by atoms with Crippen LogP contribution in [0.15, 0.2) is 66.4 Å². The second-order valence-electron chi connectivity index (χ2n) is 5.39. The van der Waals surface area contributed by atoms with Gasteiger partial charge in [0.15, 0.2) is 0 Å². The standard InChI is InChI=1S/C20H21N3O2/c1-25-19-9-7-17(8-10-19)14-22-15-18(13-21)20(24)23-12-11-16-5-3-2-4-6-16/h2-10,15,22H,11-12,14H2,1H3,(H,23,24)/b18-15-. The van der Waals surface area contributed by atoms with E-state index in [1.807, 2.05) is 60.7 Å². The number of hydrogen-bond donors (Lipinski definition) is 2. The molecule has 25 heavy (non-hydrogen) atoms. The molecule has 5 nitrogen and oxygen atoms in total. The van der Waals surface area contributed by atoms with E-state index in [0.29, 0.717) is 13.1 Å². The number of nitrogens with one attached hydrogen (secondary N) is 2. The summed E-state index contributed by atoms with van der Waals surface area (Å²) in [6.45, 7) is 1.01. The number of nitriles is 1. The number of hydrogen-bond acceptors (Lipinski definition) is 4. The lowest BCUT2D eigenvalue weighted by Gasteiger charge is -2.06. The molecule has 5 heteroatoms. The summed E-state index contributed by atoms with van der Waals surface area (Å²) in [5, 5.41) is 14.9. The first-order valence-electron chi connectivity index (χ1n) is 8.01. The van der Waals surface area contributed by atoms with E-state index in [0.717, 1.165) is 23.3 Å². The Morgan fingerprint density at radius 2 is 1.84 bits per heavy atom. The number of benzene rings is 2. The summed E-state index contributed by atoms with van der Waals surface area (Å²) in [6, 6.07) is 19.4. The summed E-state index contributed by atoms with van der Waals surface area (Å²) < 4.78 is 5.10. The molecule has 0 aliphatic heterocycles. The highest BCUT2D eigenvalue weighted by Gasteiger charge is 2.07. The van der Waals surface area contributed by atoms with Crippen LogP contribution in [-0.2, 0) is 17.8 Å². The van der Waals surface area contributed by atoms with Crippen molar-refractivity contribution in [2.75, 3.05) is 13.7 Å². The molecule has 0 saturated carbocycles. The van der Waals surface area contributed by atoms with Crippen LogP contribution >= 0.6 is 0 Å². The van der Waals surface area contributed by atoms with Crippen LogP contribution in [0.2, 0.25) is 0 Å². The second kappa shape index (κ2) is 9.78. The van der Waals surface area contributed by atoms with Crippen molar-refractivity contribution in [3.63, 3.8) is 0 Å². The number of methoxy groups -OCH3 is 1. The van der Waals surface area contributed by atoms with Gasteiger partial charge < -0.3 is 15.4 Å². The van der Waals surface area contributed by atoms with Gasteiger partial charge >= 0.3 is 0 Å². The molecule has 2 aromatic carbocycles. The smallest absolute Gasteiger partial charge is 0.263 e. The zero-order valence-electron chi connectivity index (χ0n) is 14.2. The summed E-state index contributed by atoms with van der Waals surface area (Å²) in [4.78, 5) is 12.0. The van der Waals surface area contributed by atoms with Gasteiger partial charge in [-0.3, -0.25) is 4.79 Å². The van der Waals surface area contributed by atoms with E-state index in [2.05, 4.69) is 10.6 Å². The fraction of sp³-hybridized carbons (Fsp3) is 0.200. The first-order valence-corrected chi connectivity index (χ1v) is 8.01. The van der Waals surface area contributed by atoms with Crippen LogP contribution in [0.5, 0.6) is 5.75 Å². The molecule has 1 amide bonds. The third kappa shape index (κ3) is 6.04. The average molecular weight is 335 g/mol. The van der Waals surface area contributed by atoms with Gasteiger partial charge in [-0.25, -0.2) is 0 Å². The zero-order chi connectivity index (χ0) is 17.9. The van der Waals surface area contributed by atoms with E-state index in [-0.39, 0.29) is 11.5 Å². The van der Waals surface area contributed by atoms with Crippen LogP contribution in [0.25, 0.3) is 0 Å². The van der Waals surface area contributed by atoms with Crippen LogP contribution in [0.4, 0.5) is 0 Å². The maximum atomic E-state index is 12.0. The molecule has 0 aliphatic carbocycles. The second-order valence-corrected chi connectivity index (χ2v) is 5.39. The van der Waals surface area contributed by atoms with Gasteiger partial charge in [0.05, 0.1) is 7.11 Å². The van der Waals surface area contributed by atoms with Crippen molar-refractivity contribution in [2.45, 2.75) is 13.0 Å². The molecule has 0 aliphatic rings. The Bertz CT molecular complexity index is 747. The molecule has 0 radical (unpaired) electrons. The van der Waals surface area contributed by atoms with Crippen molar-refractivity contribution < 1.29 is 9.53 Å². The van der Waals surface area contributed by atoms with Crippen LogP contribution in [-0.4, -0.2) is 19.6 Å². The van der Waals surface area contributed by atoms with Gasteiger partial charge in [0, 0.05) is 19.3 Å². The number of carbonyl (C=O) groups excluding carboxylic acids is 1. The van der Waals surface area contributed by atoms with E-state index in [1.54, 1.807) is 7.11 Å². The highest BCUT2D eigenvalue weighted by molar-refractivity contribution is 5.97. The quantitative estimate of drug-likeness (QED) is 0.574. The van der Waals surface area contributed by atoms with Crippen molar-refractivity contribution in [1.82, 2.24) is 10.6 Å². The number of amides is 1. The van der Waals surface area contributed by atoms with Gasteiger partial charge in [-0.15, -0.1) is 0 Å². The van der Waals surface area contributed by atoms with Crippen molar-refractivity contribution in [3.8, 4) is 11.8 Å². The number of carbonyl (C=O) groups is 1. The van der Waals surface area contributed by atoms with Gasteiger partial charge in [0.2, 0.25) is 0 Å². The fourth-order valence-corrected chi connectivity index (χ4v) is 2.22. The number of ether oxygens (including phenoxy) is 1. The Hall–Kier alpha value is -3.26. The SMILES string of the molecule is COc1ccc(CN/C=C(/C#N)C(=O)NCCc2ccccc2)cc1. The molecule has 0 fully saturated rings. The van der Waals surface area contributed by atoms with Gasteiger partial charge in [-0.2, -0.15) is 5.26 Å². The summed E-state index contributed by atoms with van der Waals surface area (Å²) >= 11 is 0. The lowest BCUT2D eigenvalue weighted by molar-refractivity contribution is -0.117. The van der Waals surface area contributed by atoms with Crippen molar-refractivity contribution >= 4 is 5.91 Å². The minimum absolute atomic E-state index is 0.0570. The van der Waals surface area contributed by atoms with Gasteiger partial charge in [-0.1, -0.05) is 42.5 Å². The fourth-order valence-electron chi connectivity index (χ4n) is 2.22. The van der Waals surface area contributed by atoms with E-state index in [4.69, 9.17) is 10.00 Å². The first-order chi connectivity index (χ1) is 12.2. The van der Waals surface area contributed by atoms with Crippen LogP contribution < -0.4 is 15.4 Å².